The largest absolute Gasteiger partial charge is 0.493 e. The molecular weight excluding hydrogens is 1450 g/mol. The number of methoxy groups -OCH3 is 10. The fourth-order valence-corrected chi connectivity index (χ4v) is 15.4. The standard InChI is InChI=1S/5C19H29NO3/c5*1-12(2)7-14-11-20-6-5-13-8-18(22-3)19(23-4)9-15(13)16(20)10-17(14)21/h5*8-9,12,14,16-17,21H,5-7,10-11H2,1-4H3/i1D3,7D2,8D,9D,10D2,12D,14D,16D,17D;4D3,8D,9D,10D2,14D,16D,17D;1D3,4D3,7D2,8D,9D,12D,16D;2*8D,9D,10D2,14D,16D,17D. The molecule has 0 amide bonds. The summed E-state index contributed by atoms with van der Waals surface area (Å²) in [5.41, 5.74) is -0.111. The zero-order valence-corrected chi connectivity index (χ0v) is 68.4. The van der Waals surface area contributed by atoms with E-state index in [2.05, 4.69) is 0 Å². The molecule has 5 saturated heterocycles. The lowest BCUT2D eigenvalue weighted by atomic mass is 9.79. The molecule has 640 valence electrons. The maximum Gasteiger partial charge on any atom is 0.161 e. The maximum absolute atomic E-state index is 11.3. The highest BCUT2D eigenvalue weighted by atomic mass is 16.5. The van der Waals surface area contributed by atoms with Gasteiger partial charge in [-0.05, 0) is 271 Å². The van der Waals surface area contributed by atoms with Gasteiger partial charge in [0.25, 0.3) is 0 Å². The van der Waals surface area contributed by atoms with Gasteiger partial charge in [0.2, 0.25) is 0 Å². The Morgan fingerprint density at radius 3 is 0.878 bits per heavy atom. The van der Waals surface area contributed by atoms with Crippen molar-refractivity contribution in [2.45, 2.75) is 226 Å². The second-order valence-electron chi connectivity index (χ2n) is 30.2. The highest BCUT2D eigenvalue weighted by molar-refractivity contribution is 5.54. The van der Waals surface area contributed by atoms with Crippen LogP contribution in [0.1, 0.15) is 286 Å². The van der Waals surface area contributed by atoms with Crippen LogP contribution in [0.25, 0.3) is 0 Å². The van der Waals surface area contributed by atoms with Gasteiger partial charge in [-0.1, -0.05) is 69.1 Å². The molecule has 20 heteroatoms. The van der Waals surface area contributed by atoms with E-state index in [4.69, 9.17) is 108 Å². The monoisotopic (exact) mass is 1650 g/mol. The Morgan fingerprint density at radius 2 is 0.609 bits per heavy atom. The third-order valence-corrected chi connectivity index (χ3v) is 20.7. The molecule has 0 aromatic heterocycles. The van der Waals surface area contributed by atoms with Gasteiger partial charge in [0.05, 0.1) is 136 Å². The highest BCUT2D eigenvalue weighted by Crippen LogP contribution is 2.50. The summed E-state index contributed by atoms with van der Waals surface area (Å²) in [7, 11) is 4.12. The summed E-state index contributed by atoms with van der Waals surface area (Å²) >= 11 is 0. The van der Waals surface area contributed by atoms with Crippen molar-refractivity contribution >= 4 is 0 Å². The first-order valence-electron chi connectivity index (χ1n) is 62.9. The van der Waals surface area contributed by atoms with E-state index in [9.17, 15) is 32.4 Å². The molecule has 0 aliphatic carbocycles. The summed E-state index contributed by atoms with van der Waals surface area (Å²) in [5.74, 6) is -18.4. The number of aliphatic hydroxyl groups excluding tert-OH is 1. The van der Waals surface area contributed by atoms with Crippen LogP contribution in [0.3, 0.4) is 0 Å². The van der Waals surface area contributed by atoms with E-state index in [-0.39, 0.29) is 266 Å². The van der Waals surface area contributed by atoms with E-state index < -0.39 is 216 Å². The van der Waals surface area contributed by atoms with Crippen molar-refractivity contribution < 1.29 is 140 Å². The summed E-state index contributed by atoms with van der Waals surface area (Å²) in [6.07, 6.45) is -32.5. The summed E-state index contributed by atoms with van der Waals surface area (Å²) < 4.78 is 464. The number of aliphatic hydroxyl groups is 5. The molecule has 17 atom stereocenters. The van der Waals surface area contributed by atoms with Crippen molar-refractivity contribution in [3.8, 4) is 57.5 Å². The van der Waals surface area contributed by atoms with Crippen molar-refractivity contribution in [1.29, 1.82) is 0 Å². The molecule has 5 aromatic rings. The topological polar surface area (TPSA) is 210 Å². The van der Waals surface area contributed by atoms with Crippen LogP contribution in [0.2, 0.25) is 0 Å². The van der Waals surface area contributed by atoms with Gasteiger partial charge in [0.15, 0.2) is 57.5 Å². The summed E-state index contributed by atoms with van der Waals surface area (Å²) in [4.78, 5) is 6.59. The van der Waals surface area contributed by atoms with Gasteiger partial charge in [-0.25, -0.2) is 0 Å². The fraction of sp³-hybridized carbons (Fsp3) is 0.684. The van der Waals surface area contributed by atoms with Gasteiger partial charge in [-0.3, -0.25) is 24.5 Å². The number of fused-ring (bicyclic) bond motifs is 15. The number of ether oxygens (including phenoxy) is 10. The van der Waals surface area contributed by atoms with Crippen molar-refractivity contribution in [1.82, 2.24) is 24.5 Å². The van der Waals surface area contributed by atoms with Gasteiger partial charge in [-0.2, -0.15) is 0 Å². The molecule has 5 aromatic carbocycles. The minimum atomic E-state index is -3.79. The predicted octanol–water partition coefficient (Wildman–Crippen LogP) is 15.1. The van der Waals surface area contributed by atoms with Gasteiger partial charge in [0, 0.05) is 128 Å². The Labute approximate surface area is 758 Å². The molecule has 0 spiro atoms. The van der Waals surface area contributed by atoms with Crippen molar-refractivity contribution in [3.63, 3.8) is 0 Å². The van der Waals surface area contributed by atoms with Crippen LogP contribution < -0.4 is 47.4 Å². The Morgan fingerprint density at radius 1 is 0.365 bits per heavy atom. The Balaban J connectivity index is 0.000000193. The summed E-state index contributed by atoms with van der Waals surface area (Å²) in [6.45, 7) is 4.52. The van der Waals surface area contributed by atoms with Gasteiger partial charge >= 0.3 is 0 Å². The van der Waals surface area contributed by atoms with Crippen LogP contribution in [0.15, 0.2) is 60.4 Å². The van der Waals surface area contributed by atoms with Crippen LogP contribution in [-0.2, 0) is 32.1 Å². The molecule has 0 bridgehead atoms. The minimum Gasteiger partial charge on any atom is -0.493 e. The lowest BCUT2D eigenvalue weighted by Crippen LogP contribution is -2.48. The zero-order chi connectivity index (χ0) is 126. The number of piperidine rings is 5. The molecule has 0 saturated carbocycles. The second-order valence-corrected chi connectivity index (χ2v) is 30.2. The quantitative estimate of drug-likeness (QED) is 0.0491. The highest BCUT2D eigenvalue weighted by Gasteiger charge is 2.45. The first-order chi connectivity index (χ1) is 74.0. The van der Waals surface area contributed by atoms with Crippen molar-refractivity contribution in [3.05, 3.63) is 116 Å². The minimum absolute atomic E-state index is 0.000599. The molecule has 5 fully saturated rings. The molecule has 115 heavy (non-hydrogen) atoms. The maximum atomic E-state index is 11.3. The normalized spacial score (nSPS) is 45.4. The van der Waals surface area contributed by atoms with Crippen molar-refractivity contribution in [2.75, 3.05) is 136 Å². The zero-order valence-electron chi connectivity index (χ0n) is 117. The van der Waals surface area contributed by atoms with E-state index in [1.165, 1.54) is 76.5 Å². The molecule has 0 radical (unpaired) electrons. The molecular formula is C95H145N5O15. The molecule has 10 heterocycles. The van der Waals surface area contributed by atoms with E-state index in [0.29, 0.717) is 6.92 Å². The number of hydrogen-bond donors (Lipinski definition) is 5. The second kappa shape index (κ2) is 40.6. The van der Waals surface area contributed by atoms with Crippen molar-refractivity contribution in [2.24, 2.45) is 59.0 Å². The molecule has 20 nitrogen and oxygen atoms in total. The average molecular weight is 1650 g/mol. The first kappa shape index (κ1) is 44.8. The molecule has 10 aliphatic rings. The van der Waals surface area contributed by atoms with Crippen LogP contribution >= 0.6 is 0 Å². The molecule has 15 rings (SSSR count). The molecule has 17 unspecified atom stereocenters. The van der Waals surface area contributed by atoms with E-state index in [1.807, 2.05) is 27.7 Å². The Hall–Kier alpha value is -6.30. The van der Waals surface area contributed by atoms with E-state index in [1.54, 1.807) is 13.8 Å². The van der Waals surface area contributed by atoms with Crippen LogP contribution in [-0.4, -0.2) is 217 Å². The fourth-order valence-electron chi connectivity index (χ4n) is 15.4. The SMILES string of the molecule is [2H]c1c2c(c([2H])c(OC([2H])([2H])[2H])c1OC)C1([2H])CC(O)C(C([2H])([2H])C([2H])(C)C([2H])([2H])[2H])CN1CC2.[2H]c1c2c(c([2H])c(OC([2H])([2H])[2H])c1OC)C1([2H])N(CC2)CC([2H])(CC(C)C)C([2H])(O)C1([2H])[2H].[2H]c1c2c(c([2H])c(OC)c1OC)C1([2H])N(CC2)CC([2H])(C([2H])([2H])C([2H])(C)C([2H])([2H])[2H])C([2H])(O)C1([2H])[2H].[2H]c1c2c(c([2H])c(OC)c1OC)C1([2H])N(CC2)CC([2H])(CC(C)C)C([2H])(O)C1([2H])[2H].[2H]c1c2c(c([2H])c(OC)c1OC)C1([2H])N(CC2)CC([2H])(CC(C)C)C([2H])(O)C1([2H])[2H]. The molecule has 10 aliphatic heterocycles. The lowest BCUT2D eigenvalue weighted by molar-refractivity contribution is -0.0192. The summed E-state index contributed by atoms with van der Waals surface area (Å²) in [5, 5.41) is 55.5. The number of benzene rings is 5. The molecule has 5 N–H and O–H groups in total. The van der Waals surface area contributed by atoms with Crippen LogP contribution in [0, 0.1) is 59.0 Å². The predicted molar refractivity (Wildman–Crippen MR) is 456 cm³/mol. The summed E-state index contributed by atoms with van der Waals surface area (Å²) in [6, 6.07) is -15.2. The van der Waals surface area contributed by atoms with E-state index in [0.717, 1.165) is 11.8 Å². The third-order valence-electron chi connectivity index (χ3n) is 20.7. The lowest BCUT2D eigenvalue weighted by Gasteiger charge is -2.46. The Bertz CT molecular complexity index is 6360. The number of nitrogens with zero attached hydrogens (tertiary/aromatic N) is 5. The first-order valence-corrected chi connectivity index (χ1v) is 38.4. The van der Waals surface area contributed by atoms with Crippen LogP contribution in [0.4, 0.5) is 0 Å². The average Bonchev–Trinajstić information content (AvgIpc) is 0.658. The number of hydrogen-bond acceptors (Lipinski definition) is 20. The van der Waals surface area contributed by atoms with Gasteiger partial charge in [0.1, 0.15) is 0 Å². The smallest absolute Gasteiger partial charge is 0.161 e. The Kier molecular flexibility index (Phi) is 15.8. The van der Waals surface area contributed by atoms with Gasteiger partial charge < -0.3 is 72.9 Å². The van der Waals surface area contributed by atoms with Crippen LogP contribution in [0.5, 0.6) is 57.5 Å². The van der Waals surface area contributed by atoms with E-state index >= 15 is 0 Å². The third kappa shape index (κ3) is 21.1. The number of rotatable bonds is 20. The van der Waals surface area contributed by atoms with Gasteiger partial charge in [-0.15, -0.1) is 0 Å².